The van der Waals surface area contributed by atoms with Gasteiger partial charge in [-0.25, -0.2) is 9.79 Å². The highest BCUT2D eigenvalue weighted by Gasteiger charge is 2.34. The lowest BCUT2D eigenvalue weighted by Crippen LogP contribution is -2.14. The third-order valence-corrected chi connectivity index (χ3v) is 5.69. The summed E-state index contributed by atoms with van der Waals surface area (Å²) in [6, 6.07) is 12.6. The molecule has 0 fully saturated rings. The average Bonchev–Trinajstić information content (AvgIpc) is 3.03. The van der Waals surface area contributed by atoms with E-state index in [0.29, 0.717) is 10.5 Å². The van der Waals surface area contributed by atoms with Gasteiger partial charge in [-0.15, -0.1) is 0 Å². The number of amides is 1. The van der Waals surface area contributed by atoms with Crippen LogP contribution in [0.2, 0.25) is 0 Å². The third kappa shape index (κ3) is 4.88. The van der Waals surface area contributed by atoms with Crippen molar-refractivity contribution in [3.05, 3.63) is 81.0 Å². The van der Waals surface area contributed by atoms with Crippen LogP contribution in [0.3, 0.4) is 0 Å². The summed E-state index contributed by atoms with van der Waals surface area (Å²) in [5.41, 5.74) is 2.83. The minimum absolute atomic E-state index is 0.106. The molecule has 1 amide bonds. The number of benzene rings is 2. The smallest absolute Gasteiger partial charge is 0.344 e. The Morgan fingerprint density at radius 3 is 2.52 bits per heavy atom. The molecule has 160 valence electrons. The number of methoxy groups -OCH3 is 1. The van der Waals surface area contributed by atoms with Crippen molar-refractivity contribution in [2.24, 2.45) is 4.99 Å². The predicted molar refractivity (Wildman–Crippen MR) is 123 cm³/mol. The Labute approximate surface area is 185 Å². The Hall–Kier alpha value is -3.32. The van der Waals surface area contributed by atoms with Gasteiger partial charge in [-0.2, -0.15) is 0 Å². The Morgan fingerprint density at radius 1 is 1.13 bits per heavy atom. The van der Waals surface area contributed by atoms with Crippen molar-refractivity contribution < 1.29 is 24.2 Å². The van der Waals surface area contributed by atoms with Crippen LogP contribution in [-0.4, -0.2) is 35.7 Å². The normalized spacial score (nSPS) is 16.1. The molecule has 7 heteroatoms. The first-order chi connectivity index (χ1) is 14.8. The van der Waals surface area contributed by atoms with E-state index in [4.69, 9.17) is 9.47 Å². The number of rotatable bonds is 5. The van der Waals surface area contributed by atoms with Gasteiger partial charge in [0.05, 0.1) is 18.6 Å². The number of carbonyl (C=O) groups excluding carboxylic acids is 2. The minimum Gasteiger partial charge on any atom is -0.506 e. The number of esters is 1. The summed E-state index contributed by atoms with van der Waals surface area (Å²) in [4.78, 5) is 29.8. The fourth-order valence-electron chi connectivity index (χ4n) is 3.10. The molecule has 0 aliphatic carbocycles. The zero-order chi connectivity index (χ0) is 22.5. The van der Waals surface area contributed by atoms with Crippen molar-refractivity contribution in [3.63, 3.8) is 0 Å². The van der Waals surface area contributed by atoms with Crippen molar-refractivity contribution in [2.75, 3.05) is 13.7 Å². The average molecular weight is 438 g/mol. The quantitative estimate of drug-likeness (QED) is 0.662. The molecular formula is C24H23NO5S. The highest BCUT2D eigenvalue weighted by atomic mass is 32.2. The number of hydrogen-bond acceptors (Lipinski definition) is 6. The van der Waals surface area contributed by atoms with E-state index in [1.807, 2.05) is 44.2 Å². The summed E-state index contributed by atoms with van der Waals surface area (Å²) in [6.45, 7) is 5.53. The molecule has 1 N–H and O–H groups in total. The Balaban J connectivity index is 2.03. The fourth-order valence-corrected chi connectivity index (χ4v) is 4.11. The number of ether oxygens (including phenoxy) is 2. The van der Waals surface area contributed by atoms with Gasteiger partial charge in [0.1, 0.15) is 22.1 Å². The number of nitrogens with zero attached hydrogens (tertiary/aromatic N) is 1. The van der Waals surface area contributed by atoms with Crippen LogP contribution < -0.4 is 4.74 Å². The highest BCUT2D eigenvalue weighted by Crippen LogP contribution is 2.39. The number of aliphatic imine (C=N–C) groups is 1. The van der Waals surface area contributed by atoms with E-state index in [2.05, 4.69) is 4.99 Å². The zero-order valence-electron chi connectivity index (χ0n) is 17.8. The first-order valence-corrected chi connectivity index (χ1v) is 10.5. The lowest BCUT2D eigenvalue weighted by atomic mass is 10.1. The zero-order valence-corrected chi connectivity index (χ0v) is 18.6. The van der Waals surface area contributed by atoms with Crippen LogP contribution in [0.1, 0.15) is 34.0 Å². The summed E-state index contributed by atoms with van der Waals surface area (Å²) in [5.74, 6) is -0.720. The summed E-state index contributed by atoms with van der Waals surface area (Å²) in [7, 11) is 1.60. The lowest BCUT2D eigenvalue weighted by molar-refractivity contribution is -0.138. The topological polar surface area (TPSA) is 85.2 Å². The molecule has 1 aliphatic heterocycles. The number of hydrogen-bond donors (Lipinski definition) is 1. The van der Waals surface area contributed by atoms with Gasteiger partial charge >= 0.3 is 5.97 Å². The van der Waals surface area contributed by atoms with E-state index >= 15 is 0 Å². The number of aliphatic hydroxyl groups is 1. The second-order valence-electron chi connectivity index (χ2n) is 6.82. The van der Waals surface area contributed by atoms with Gasteiger partial charge in [0.25, 0.3) is 5.91 Å². The van der Waals surface area contributed by atoms with Crippen LogP contribution in [0.25, 0.3) is 6.08 Å². The molecule has 3 rings (SSSR count). The van der Waals surface area contributed by atoms with Crippen molar-refractivity contribution in [3.8, 4) is 5.75 Å². The second-order valence-corrected chi connectivity index (χ2v) is 7.85. The first-order valence-electron chi connectivity index (χ1n) is 9.69. The summed E-state index contributed by atoms with van der Waals surface area (Å²) < 4.78 is 10.4. The van der Waals surface area contributed by atoms with Gasteiger partial charge in [-0.05, 0) is 61.7 Å². The van der Waals surface area contributed by atoms with Crippen LogP contribution in [-0.2, 0) is 9.53 Å². The van der Waals surface area contributed by atoms with Crippen LogP contribution >= 0.6 is 11.8 Å². The van der Waals surface area contributed by atoms with E-state index in [1.165, 1.54) is 0 Å². The van der Waals surface area contributed by atoms with Gasteiger partial charge in [0.15, 0.2) is 0 Å². The maximum atomic E-state index is 12.7. The molecule has 1 heterocycles. The highest BCUT2D eigenvalue weighted by molar-refractivity contribution is 8.18. The van der Waals surface area contributed by atoms with Crippen molar-refractivity contribution in [1.29, 1.82) is 0 Å². The van der Waals surface area contributed by atoms with Crippen LogP contribution in [0.5, 0.6) is 5.75 Å². The lowest BCUT2D eigenvalue weighted by Gasteiger charge is -2.05. The third-order valence-electron chi connectivity index (χ3n) is 4.67. The molecule has 31 heavy (non-hydrogen) atoms. The Morgan fingerprint density at radius 2 is 1.87 bits per heavy atom. The molecule has 2 aromatic carbocycles. The second kappa shape index (κ2) is 9.66. The summed E-state index contributed by atoms with van der Waals surface area (Å²) >= 11 is 1.05. The van der Waals surface area contributed by atoms with Gasteiger partial charge in [0.2, 0.25) is 0 Å². The van der Waals surface area contributed by atoms with Crippen molar-refractivity contribution >= 4 is 34.8 Å². The SMILES string of the molecule is CCOC(=O)C1=C(O)C(=Cc2ccc(OC)c(C)c2)SC1=NC(=O)c1ccccc1C. The molecule has 0 saturated heterocycles. The molecule has 1 aliphatic rings. The standard InChI is InChI=1S/C24H23NO5S/c1-5-30-24(28)20-21(26)19(13-16-10-11-18(29-4)15(3)12-16)31-23(20)25-22(27)17-9-7-6-8-14(17)2/h6-13,26H,5H2,1-4H3. The van der Waals surface area contributed by atoms with E-state index < -0.39 is 11.9 Å². The van der Waals surface area contributed by atoms with Crippen molar-refractivity contribution in [1.82, 2.24) is 0 Å². The molecule has 0 radical (unpaired) electrons. The van der Waals surface area contributed by atoms with E-state index in [-0.39, 0.29) is 23.0 Å². The number of aryl methyl sites for hydroxylation is 2. The molecule has 0 spiro atoms. The Bertz CT molecular complexity index is 1130. The van der Waals surface area contributed by atoms with Crippen LogP contribution in [0, 0.1) is 13.8 Å². The number of aliphatic hydroxyl groups excluding tert-OH is 1. The van der Waals surface area contributed by atoms with E-state index in [1.54, 1.807) is 32.2 Å². The van der Waals surface area contributed by atoms with Gasteiger partial charge < -0.3 is 14.6 Å². The van der Waals surface area contributed by atoms with Gasteiger partial charge in [-0.3, -0.25) is 4.79 Å². The largest absolute Gasteiger partial charge is 0.506 e. The van der Waals surface area contributed by atoms with Crippen LogP contribution in [0.4, 0.5) is 0 Å². The number of thioether (sulfide) groups is 1. The number of carbonyl (C=O) groups is 2. The minimum atomic E-state index is -0.724. The first kappa shape index (κ1) is 22.4. The molecule has 0 saturated carbocycles. The molecule has 0 bridgehead atoms. The Kier molecular flexibility index (Phi) is 6.97. The molecule has 0 aromatic heterocycles. The monoisotopic (exact) mass is 437 g/mol. The van der Waals surface area contributed by atoms with Gasteiger partial charge in [0, 0.05) is 5.56 Å². The molecule has 0 atom stereocenters. The van der Waals surface area contributed by atoms with Gasteiger partial charge in [-0.1, -0.05) is 36.0 Å². The molecule has 6 nitrogen and oxygen atoms in total. The van der Waals surface area contributed by atoms with E-state index in [0.717, 1.165) is 34.2 Å². The summed E-state index contributed by atoms with van der Waals surface area (Å²) in [6.07, 6.45) is 1.73. The van der Waals surface area contributed by atoms with Crippen LogP contribution in [0.15, 0.2) is 63.7 Å². The van der Waals surface area contributed by atoms with Crippen molar-refractivity contribution in [2.45, 2.75) is 20.8 Å². The predicted octanol–water partition coefficient (Wildman–Crippen LogP) is 5.01. The summed E-state index contributed by atoms with van der Waals surface area (Å²) in [5, 5.41) is 10.9. The molecular weight excluding hydrogens is 414 g/mol. The molecule has 0 unspecified atom stereocenters. The van der Waals surface area contributed by atoms with E-state index in [9.17, 15) is 14.7 Å². The maximum absolute atomic E-state index is 12.7. The molecule has 2 aromatic rings. The fraction of sp³-hybridized carbons (Fsp3) is 0.208. The maximum Gasteiger partial charge on any atom is 0.344 e.